The first kappa shape index (κ1) is 12.2. The van der Waals surface area contributed by atoms with E-state index in [1.807, 2.05) is 0 Å². The van der Waals surface area contributed by atoms with Crippen molar-refractivity contribution in [1.29, 1.82) is 0 Å². The molecule has 0 spiro atoms. The van der Waals surface area contributed by atoms with Gasteiger partial charge < -0.3 is 8.57 Å². The SMILES string of the molecule is CCOC(=O)/C=C(/CC)C(=O)OBr. The van der Waals surface area contributed by atoms with Crippen molar-refractivity contribution in [2.75, 3.05) is 6.61 Å². The van der Waals surface area contributed by atoms with E-state index in [1.54, 1.807) is 13.8 Å². The van der Waals surface area contributed by atoms with Gasteiger partial charge in [0.25, 0.3) is 0 Å². The van der Waals surface area contributed by atoms with Crippen molar-refractivity contribution >= 4 is 28.2 Å². The highest BCUT2D eigenvalue weighted by atomic mass is 79.9. The molecule has 0 aromatic rings. The van der Waals surface area contributed by atoms with Gasteiger partial charge in [-0.05, 0) is 13.3 Å². The minimum Gasteiger partial charge on any atom is -0.463 e. The molecular weight excluding hydrogens is 240 g/mol. The van der Waals surface area contributed by atoms with Crippen LogP contribution in [0.1, 0.15) is 20.3 Å². The fraction of sp³-hybridized carbons (Fsp3) is 0.500. The Bertz CT molecular complexity index is 222. The highest BCUT2D eigenvalue weighted by molar-refractivity contribution is 9.06. The van der Waals surface area contributed by atoms with Crippen molar-refractivity contribution in [2.45, 2.75) is 20.3 Å². The zero-order chi connectivity index (χ0) is 10.3. The van der Waals surface area contributed by atoms with E-state index in [0.717, 1.165) is 6.08 Å². The van der Waals surface area contributed by atoms with Crippen LogP contribution in [0.15, 0.2) is 11.6 Å². The summed E-state index contributed by atoms with van der Waals surface area (Å²) in [6.45, 7) is 3.73. The smallest absolute Gasteiger partial charge is 0.345 e. The molecule has 0 rings (SSSR count). The van der Waals surface area contributed by atoms with Gasteiger partial charge in [-0.2, -0.15) is 0 Å². The Balaban J connectivity index is 4.37. The fourth-order valence-electron chi connectivity index (χ4n) is 0.681. The van der Waals surface area contributed by atoms with Gasteiger partial charge in [0.05, 0.1) is 6.61 Å². The molecule has 0 N–H and O–H groups in total. The summed E-state index contributed by atoms with van der Waals surface area (Å²) in [5.74, 6) is -1.10. The summed E-state index contributed by atoms with van der Waals surface area (Å²) >= 11 is 2.54. The predicted molar refractivity (Wildman–Crippen MR) is 50.0 cm³/mol. The van der Waals surface area contributed by atoms with Crippen molar-refractivity contribution < 1.29 is 18.2 Å². The Morgan fingerprint density at radius 2 is 2.00 bits per heavy atom. The molecular formula is C8H11BrO4. The molecule has 0 heterocycles. The van der Waals surface area contributed by atoms with Gasteiger partial charge in [-0.1, -0.05) is 6.92 Å². The number of hydrogen-bond acceptors (Lipinski definition) is 4. The first-order valence-corrected chi connectivity index (χ1v) is 4.50. The number of halogens is 1. The van der Waals surface area contributed by atoms with E-state index in [-0.39, 0.29) is 12.2 Å². The van der Waals surface area contributed by atoms with Gasteiger partial charge in [-0.25, -0.2) is 9.59 Å². The maximum Gasteiger partial charge on any atom is 0.345 e. The van der Waals surface area contributed by atoms with E-state index in [9.17, 15) is 9.59 Å². The highest BCUT2D eigenvalue weighted by Gasteiger charge is 2.10. The van der Waals surface area contributed by atoms with E-state index in [0.29, 0.717) is 6.42 Å². The zero-order valence-corrected chi connectivity index (χ0v) is 9.09. The summed E-state index contributed by atoms with van der Waals surface area (Å²) in [5, 5.41) is 0. The van der Waals surface area contributed by atoms with Crippen molar-refractivity contribution in [3.05, 3.63) is 11.6 Å². The average molecular weight is 251 g/mol. The van der Waals surface area contributed by atoms with E-state index in [2.05, 4.69) is 24.8 Å². The standard InChI is InChI=1S/C8H11BrO4/c1-3-6(8(11)13-9)5-7(10)12-4-2/h5H,3-4H2,1-2H3/b6-5-. The second-order valence-corrected chi connectivity index (χ2v) is 2.46. The number of rotatable bonds is 4. The molecule has 13 heavy (non-hydrogen) atoms. The van der Waals surface area contributed by atoms with Crippen molar-refractivity contribution in [3.8, 4) is 0 Å². The quantitative estimate of drug-likeness (QED) is 0.564. The molecule has 0 aliphatic carbocycles. The Morgan fingerprint density at radius 3 is 2.38 bits per heavy atom. The van der Waals surface area contributed by atoms with Crippen molar-refractivity contribution in [1.82, 2.24) is 0 Å². The molecule has 0 aliphatic rings. The lowest BCUT2D eigenvalue weighted by Gasteiger charge is -2.00. The summed E-state index contributed by atoms with van der Waals surface area (Å²) < 4.78 is 8.91. The van der Waals surface area contributed by atoms with E-state index in [1.165, 1.54) is 0 Å². The first-order chi connectivity index (χ1) is 6.15. The number of hydrogen-bond donors (Lipinski definition) is 0. The van der Waals surface area contributed by atoms with Gasteiger partial charge in [-0.15, -0.1) is 0 Å². The van der Waals surface area contributed by atoms with E-state index >= 15 is 0 Å². The number of esters is 1. The van der Waals surface area contributed by atoms with Crippen LogP contribution in [-0.2, 0) is 18.2 Å². The van der Waals surface area contributed by atoms with Gasteiger partial charge in [0, 0.05) is 11.6 Å². The van der Waals surface area contributed by atoms with Crippen LogP contribution in [0.5, 0.6) is 0 Å². The molecule has 0 bridgehead atoms. The second kappa shape index (κ2) is 6.65. The Labute approximate surface area is 85.3 Å². The Kier molecular flexibility index (Phi) is 6.22. The third-order valence-electron chi connectivity index (χ3n) is 1.29. The second-order valence-electron chi connectivity index (χ2n) is 2.14. The molecule has 0 aromatic carbocycles. The van der Waals surface area contributed by atoms with Gasteiger partial charge in [0.2, 0.25) is 0 Å². The molecule has 0 saturated carbocycles. The maximum atomic E-state index is 10.9. The molecule has 5 heteroatoms. The molecule has 0 unspecified atom stereocenters. The average Bonchev–Trinajstić information content (AvgIpc) is 2.13. The zero-order valence-electron chi connectivity index (χ0n) is 7.50. The van der Waals surface area contributed by atoms with Gasteiger partial charge in [0.1, 0.15) is 0 Å². The molecule has 4 nitrogen and oxygen atoms in total. The summed E-state index contributed by atoms with van der Waals surface area (Å²) in [6, 6.07) is 0. The molecule has 0 saturated heterocycles. The molecule has 0 amide bonds. The first-order valence-electron chi connectivity index (χ1n) is 3.85. The van der Waals surface area contributed by atoms with E-state index < -0.39 is 11.9 Å². The molecule has 0 aromatic heterocycles. The van der Waals surface area contributed by atoms with Crippen LogP contribution in [-0.4, -0.2) is 18.5 Å². The molecule has 74 valence electrons. The Morgan fingerprint density at radius 1 is 1.38 bits per heavy atom. The molecule has 0 fully saturated rings. The van der Waals surface area contributed by atoms with Gasteiger partial charge in [-0.3, -0.25) is 0 Å². The van der Waals surface area contributed by atoms with E-state index in [4.69, 9.17) is 0 Å². The Hall–Kier alpha value is -0.840. The van der Waals surface area contributed by atoms with Crippen molar-refractivity contribution in [3.63, 3.8) is 0 Å². The fourth-order valence-corrected chi connectivity index (χ4v) is 0.889. The summed E-state index contributed by atoms with van der Waals surface area (Å²) in [7, 11) is 0. The van der Waals surface area contributed by atoms with Crippen LogP contribution in [0, 0.1) is 0 Å². The van der Waals surface area contributed by atoms with Gasteiger partial charge in [0.15, 0.2) is 16.3 Å². The topological polar surface area (TPSA) is 52.6 Å². The monoisotopic (exact) mass is 250 g/mol. The summed E-state index contributed by atoms with van der Waals surface area (Å²) in [5.41, 5.74) is 0.273. The lowest BCUT2D eigenvalue weighted by Crippen LogP contribution is -2.06. The molecule has 0 radical (unpaired) electrons. The summed E-state index contributed by atoms with van der Waals surface area (Å²) in [6.07, 6.45) is 1.55. The summed E-state index contributed by atoms with van der Waals surface area (Å²) in [4.78, 5) is 21.8. The highest BCUT2D eigenvalue weighted by Crippen LogP contribution is 2.06. The minimum atomic E-state index is -0.574. The number of carbonyl (C=O) groups is 2. The van der Waals surface area contributed by atoms with Crippen LogP contribution in [0.3, 0.4) is 0 Å². The molecule has 0 atom stereocenters. The maximum absolute atomic E-state index is 10.9. The predicted octanol–water partition coefficient (Wildman–Crippen LogP) is 1.74. The third-order valence-corrected chi connectivity index (χ3v) is 1.59. The molecule has 0 aliphatic heterocycles. The third kappa shape index (κ3) is 4.67. The van der Waals surface area contributed by atoms with Crippen LogP contribution in [0.4, 0.5) is 0 Å². The number of carbonyl (C=O) groups excluding carboxylic acids is 2. The largest absolute Gasteiger partial charge is 0.463 e. The van der Waals surface area contributed by atoms with Gasteiger partial charge >= 0.3 is 11.9 Å². The van der Waals surface area contributed by atoms with Crippen LogP contribution in [0.2, 0.25) is 0 Å². The number of ether oxygens (including phenoxy) is 1. The van der Waals surface area contributed by atoms with Crippen LogP contribution < -0.4 is 0 Å². The lowest BCUT2D eigenvalue weighted by molar-refractivity contribution is -0.138. The van der Waals surface area contributed by atoms with Crippen LogP contribution >= 0.6 is 16.3 Å². The lowest BCUT2D eigenvalue weighted by atomic mass is 10.2. The normalized spacial score (nSPS) is 10.8. The van der Waals surface area contributed by atoms with Crippen LogP contribution in [0.25, 0.3) is 0 Å². The minimum absolute atomic E-state index is 0.273. The van der Waals surface area contributed by atoms with Crippen molar-refractivity contribution in [2.24, 2.45) is 0 Å².